The number of alkyl halides is 3. The lowest BCUT2D eigenvalue weighted by atomic mass is 10.3. The van der Waals surface area contributed by atoms with E-state index in [-0.39, 0.29) is 14.8 Å². The van der Waals surface area contributed by atoms with Crippen LogP contribution in [-0.4, -0.2) is 11.3 Å². The van der Waals surface area contributed by atoms with Gasteiger partial charge in [0.1, 0.15) is 22.1 Å². The Balaban J connectivity index is 3.18. The number of ether oxygens (including phenoxy) is 1. The Kier molecular flexibility index (Phi) is 3.57. The number of nitriles is 1. The molecule has 0 spiro atoms. The summed E-state index contributed by atoms with van der Waals surface area (Å²) in [6.45, 7) is 0. The minimum Gasteiger partial charge on any atom is -0.404 e. The lowest BCUT2D eigenvalue weighted by molar-refractivity contribution is -0.274. The molecule has 0 bridgehead atoms. The molecule has 0 unspecified atom stereocenters. The molecule has 0 saturated carbocycles. The molecule has 3 nitrogen and oxygen atoms in total. The van der Waals surface area contributed by atoms with Gasteiger partial charge < -0.3 is 4.74 Å². The third kappa shape index (κ3) is 3.35. The molecule has 8 heteroatoms. The molecule has 0 aliphatic carbocycles. The van der Waals surface area contributed by atoms with Crippen molar-refractivity contribution >= 4 is 31.9 Å². The van der Waals surface area contributed by atoms with E-state index in [1.54, 1.807) is 6.07 Å². The third-order valence-corrected chi connectivity index (χ3v) is 3.10. The van der Waals surface area contributed by atoms with Crippen LogP contribution >= 0.6 is 31.9 Å². The van der Waals surface area contributed by atoms with Gasteiger partial charge in [0, 0.05) is 6.07 Å². The molecule has 0 aromatic carbocycles. The van der Waals surface area contributed by atoms with Gasteiger partial charge in [0.15, 0.2) is 0 Å². The van der Waals surface area contributed by atoms with Crippen LogP contribution in [0, 0.1) is 11.3 Å². The van der Waals surface area contributed by atoms with Crippen LogP contribution in [0.3, 0.4) is 0 Å². The highest BCUT2D eigenvalue weighted by molar-refractivity contribution is 9.13. The summed E-state index contributed by atoms with van der Waals surface area (Å²) in [6.07, 6.45) is -4.81. The first-order valence-electron chi connectivity index (χ1n) is 3.35. The number of nitrogens with zero attached hydrogens (tertiary/aromatic N) is 2. The standard InChI is InChI=1S/C7HBr2F3N2O/c8-5-4(15-7(10,11)12)1-3(2-13)14-6(5)9/h1H. The number of aromatic nitrogens is 1. The van der Waals surface area contributed by atoms with Crippen molar-refractivity contribution < 1.29 is 17.9 Å². The van der Waals surface area contributed by atoms with E-state index in [9.17, 15) is 13.2 Å². The molecule has 0 amide bonds. The summed E-state index contributed by atoms with van der Waals surface area (Å²) in [4.78, 5) is 3.64. The Morgan fingerprint density at radius 1 is 1.40 bits per heavy atom. The van der Waals surface area contributed by atoms with Crippen molar-refractivity contribution in [2.24, 2.45) is 0 Å². The molecular formula is C7HBr2F3N2O. The fourth-order valence-electron chi connectivity index (χ4n) is 0.733. The number of rotatable bonds is 1. The van der Waals surface area contributed by atoms with Crippen molar-refractivity contribution in [1.82, 2.24) is 4.98 Å². The van der Waals surface area contributed by atoms with Crippen LogP contribution in [0.4, 0.5) is 13.2 Å². The summed E-state index contributed by atoms with van der Waals surface area (Å²) in [5, 5.41) is 8.49. The van der Waals surface area contributed by atoms with Gasteiger partial charge in [-0.3, -0.25) is 0 Å². The summed E-state index contributed by atoms with van der Waals surface area (Å²) >= 11 is 5.74. The summed E-state index contributed by atoms with van der Waals surface area (Å²) in [6, 6.07) is 2.50. The van der Waals surface area contributed by atoms with Crippen LogP contribution in [0.5, 0.6) is 5.75 Å². The van der Waals surface area contributed by atoms with E-state index in [4.69, 9.17) is 5.26 Å². The first-order chi connectivity index (χ1) is 6.83. The molecule has 1 aromatic rings. The predicted molar refractivity (Wildman–Crippen MR) is 51.0 cm³/mol. The van der Waals surface area contributed by atoms with Crippen LogP contribution < -0.4 is 4.74 Å². The van der Waals surface area contributed by atoms with Gasteiger partial charge in [-0.1, -0.05) is 0 Å². The van der Waals surface area contributed by atoms with E-state index in [1.165, 1.54) is 0 Å². The first kappa shape index (κ1) is 12.3. The van der Waals surface area contributed by atoms with Gasteiger partial charge in [-0.2, -0.15) is 5.26 Å². The smallest absolute Gasteiger partial charge is 0.404 e. The van der Waals surface area contributed by atoms with Crippen molar-refractivity contribution in [3.8, 4) is 11.8 Å². The summed E-state index contributed by atoms with van der Waals surface area (Å²) in [5.41, 5.74) is -0.177. The molecule has 0 fully saturated rings. The van der Waals surface area contributed by atoms with Gasteiger partial charge in [0.25, 0.3) is 0 Å². The summed E-state index contributed by atoms with van der Waals surface area (Å²) in [7, 11) is 0. The maximum Gasteiger partial charge on any atom is 0.573 e. The maximum atomic E-state index is 11.9. The van der Waals surface area contributed by atoms with Gasteiger partial charge in [-0.25, -0.2) is 4.98 Å². The monoisotopic (exact) mass is 344 g/mol. The molecule has 15 heavy (non-hydrogen) atoms. The molecular weight excluding hydrogens is 345 g/mol. The summed E-state index contributed by atoms with van der Waals surface area (Å²) in [5.74, 6) is -0.513. The molecule has 0 atom stereocenters. The Hall–Kier alpha value is -0.810. The minimum absolute atomic E-state index is 0.00109. The normalized spacial score (nSPS) is 10.9. The van der Waals surface area contributed by atoms with E-state index in [0.717, 1.165) is 6.07 Å². The van der Waals surface area contributed by atoms with E-state index in [2.05, 4.69) is 41.6 Å². The minimum atomic E-state index is -4.81. The van der Waals surface area contributed by atoms with Crippen molar-refractivity contribution in [2.45, 2.75) is 6.36 Å². The van der Waals surface area contributed by atoms with Crippen LogP contribution in [0.2, 0.25) is 0 Å². The Bertz CT molecular complexity index is 427. The van der Waals surface area contributed by atoms with Crippen LogP contribution in [-0.2, 0) is 0 Å². The molecule has 0 radical (unpaired) electrons. The largest absolute Gasteiger partial charge is 0.573 e. The Morgan fingerprint density at radius 3 is 2.47 bits per heavy atom. The van der Waals surface area contributed by atoms with Crippen molar-refractivity contribution in [3.63, 3.8) is 0 Å². The molecule has 0 N–H and O–H groups in total. The van der Waals surface area contributed by atoms with Gasteiger partial charge in [-0.05, 0) is 31.9 Å². The molecule has 1 aromatic heterocycles. The molecule has 80 valence electrons. The second-order valence-corrected chi connectivity index (χ2v) is 3.81. The number of hydrogen-bond donors (Lipinski definition) is 0. The number of hydrogen-bond acceptors (Lipinski definition) is 3. The molecule has 0 aliphatic rings. The predicted octanol–water partition coefficient (Wildman–Crippen LogP) is 3.38. The lowest BCUT2D eigenvalue weighted by Crippen LogP contribution is -2.17. The molecule has 1 rings (SSSR count). The van der Waals surface area contributed by atoms with E-state index in [1.807, 2.05) is 0 Å². The highest BCUT2D eigenvalue weighted by Gasteiger charge is 2.32. The topological polar surface area (TPSA) is 45.9 Å². The zero-order chi connectivity index (χ0) is 11.6. The average Bonchev–Trinajstić information content (AvgIpc) is 2.10. The molecule has 0 aliphatic heterocycles. The molecule has 0 saturated heterocycles. The number of pyridine rings is 1. The number of halogens is 5. The second kappa shape index (κ2) is 4.37. The van der Waals surface area contributed by atoms with Gasteiger partial charge >= 0.3 is 6.36 Å². The third-order valence-electron chi connectivity index (χ3n) is 1.22. The zero-order valence-corrected chi connectivity index (χ0v) is 9.94. The Labute approximate surface area is 99.1 Å². The lowest BCUT2D eigenvalue weighted by Gasteiger charge is -2.10. The van der Waals surface area contributed by atoms with Crippen LogP contribution in [0.15, 0.2) is 15.1 Å². The zero-order valence-electron chi connectivity index (χ0n) is 6.77. The van der Waals surface area contributed by atoms with Crippen molar-refractivity contribution in [3.05, 3.63) is 20.8 Å². The van der Waals surface area contributed by atoms with Crippen molar-refractivity contribution in [2.75, 3.05) is 0 Å². The fourth-order valence-corrected chi connectivity index (χ4v) is 1.40. The van der Waals surface area contributed by atoms with Gasteiger partial charge in [0.05, 0.1) is 4.47 Å². The van der Waals surface area contributed by atoms with E-state index < -0.39 is 12.1 Å². The highest BCUT2D eigenvalue weighted by atomic mass is 79.9. The quantitative estimate of drug-likeness (QED) is 0.733. The van der Waals surface area contributed by atoms with Gasteiger partial charge in [-0.15, -0.1) is 13.2 Å². The van der Waals surface area contributed by atoms with Crippen LogP contribution in [0.1, 0.15) is 5.69 Å². The Morgan fingerprint density at radius 2 is 2.00 bits per heavy atom. The SMILES string of the molecule is N#Cc1cc(OC(F)(F)F)c(Br)c(Br)n1. The van der Waals surface area contributed by atoms with Crippen LogP contribution in [0.25, 0.3) is 0 Å². The molecule has 1 heterocycles. The van der Waals surface area contributed by atoms with E-state index in [0.29, 0.717) is 0 Å². The van der Waals surface area contributed by atoms with E-state index >= 15 is 0 Å². The maximum absolute atomic E-state index is 11.9. The second-order valence-electron chi connectivity index (χ2n) is 2.27. The fraction of sp³-hybridized carbons (Fsp3) is 0.143. The highest BCUT2D eigenvalue weighted by Crippen LogP contribution is 2.35. The summed E-state index contributed by atoms with van der Waals surface area (Å²) < 4.78 is 39.5. The first-order valence-corrected chi connectivity index (χ1v) is 4.94. The van der Waals surface area contributed by atoms with Crippen molar-refractivity contribution in [1.29, 1.82) is 5.26 Å². The van der Waals surface area contributed by atoms with Gasteiger partial charge in [0.2, 0.25) is 0 Å². The average molecular weight is 346 g/mol.